The third-order valence-electron chi connectivity index (χ3n) is 4.83. The lowest BCUT2D eigenvalue weighted by Gasteiger charge is -2.39. The van der Waals surface area contributed by atoms with Crippen LogP contribution in [0.5, 0.6) is 0 Å². The van der Waals surface area contributed by atoms with E-state index in [0.29, 0.717) is 17.1 Å². The number of rotatable bonds is 1. The zero-order chi connectivity index (χ0) is 14.5. The number of hydrogen-bond acceptors (Lipinski definition) is 2. The maximum absolute atomic E-state index is 12.7. The number of nitrogens with zero attached hydrogens (tertiary/aromatic N) is 1. The topological polar surface area (TPSA) is 46.3 Å². The van der Waals surface area contributed by atoms with Crippen LogP contribution in [-0.2, 0) is 0 Å². The van der Waals surface area contributed by atoms with Crippen LogP contribution < -0.4 is 5.73 Å². The van der Waals surface area contributed by atoms with Crippen LogP contribution in [0, 0.1) is 10.8 Å². The van der Waals surface area contributed by atoms with Crippen molar-refractivity contribution in [2.45, 2.75) is 46.1 Å². The van der Waals surface area contributed by atoms with Gasteiger partial charge in [-0.15, -0.1) is 0 Å². The molecule has 1 saturated heterocycles. The summed E-state index contributed by atoms with van der Waals surface area (Å²) in [4.78, 5) is 14.8. The highest BCUT2D eigenvalue weighted by Gasteiger charge is 2.50. The fourth-order valence-electron chi connectivity index (χ4n) is 4.49. The average Bonchev–Trinajstić information content (AvgIpc) is 2.58. The van der Waals surface area contributed by atoms with E-state index in [9.17, 15) is 4.79 Å². The van der Waals surface area contributed by atoms with E-state index < -0.39 is 0 Å². The summed E-state index contributed by atoms with van der Waals surface area (Å²) in [6.45, 7) is 7.88. The lowest BCUT2D eigenvalue weighted by molar-refractivity contribution is 0.0708. The second kappa shape index (κ2) is 4.24. The van der Waals surface area contributed by atoms with Crippen molar-refractivity contribution in [2.75, 3.05) is 12.3 Å². The minimum absolute atomic E-state index is 0.163. The second-order valence-corrected chi connectivity index (χ2v) is 7.77. The van der Waals surface area contributed by atoms with Gasteiger partial charge in [0.05, 0.1) is 0 Å². The van der Waals surface area contributed by atoms with E-state index in [1.165, 1.54) is 6.42 Å². The lowest BCUT2D eigenvalue weighted by atomic mass is 9.65. The Bertz CT molecular complexity index is 534. The second-order valence-electron chi connectivity index (χ2n) is 7.77. The van der Waals surface area contributed by atoms with Crippen LogP contribution in [0.2, 0.25) is 0 Å². The molecule has 1 aromatic rings. The normalized spacial score (nSPS) is 31.4. The van der Waals surface area contributed by atoms with Gasteiger partial charge in [-0.3, -0.25) is 4.79 Å². The third kappa shape index (κ3) is 2.30. The average molecular weight is 272 g/mol. The molecular formula is C17H24N2O. The molecule has 2 unspecified atom stereocenters. The van der Waals surface area contributed by atoms with Crippen molar-refractivity contribution >= 4 is 11.6 Å². The molecule has 2 atom stereocenters. The molecule has 1 aromatic carbocycles. The van der Waals surface area contributed by atoms with Gasteiger partial charge in [-0.2, -0.15) is 0 Å². The molecule has 0 spiro atoms. The number of hydrogen-bond donors (Lipinski definition) is 1. The van der Waals surface area contributed by atoms with Gasteiger partial charge >= 0.3 is 0 Å². The Morgan fingerprint density at radius 1 is 1.20 bits per heavy atom. The fourth-order valence-corrected chi connectivity index (χ4v) is 4.49. The number of nitrogens with two attached hydrogens (primary N) is 1. The van der Waals surface area contributed by atoms with E-state index >= 15 is 0 Å². The number of carbonyl (C=O) groups is 1. The SMILES string of the molecule is CC1(C)CC2CC(C)(CN2C(=O)c2ccc(N)cc2)C1. The van der Waals surface area contributed by atoms with Crippen LogP contribution in [0.25, 0.3) is 0 Å². The van der Waals surface area contributed by atoms with E-state index in [1.807, 2.05) is 12.1 Å². The monoisotopic (exact) mass is 272 g/mol. The summed E-state index contributed by atoms with van der Waals surface area (Å²) in [6.07, 6.45) is 3.47. The molecule has 3 rings (SSSR count). The van der Waals surface area contributed by atoms with Crippen LogP contribution in [0.4, 0.5) is 5.69 Å². The molecule has 2 aliphatic rings. The van der Waals surface area contributed by atoms with Gasteiger partial charge < -0.3 is 10.6 Å². The van der Waals surface area contributed by atoms with E-state index in [0.717, 1.165) is 24.9 Å². The summed E-state index contributed by atoms with van der Waals surface area (Å²) >= 11 is 0. The predicted molar refractivity (Wildman–Crippen MR) is 81.4 cm³/mol. The molecule has 2 N–H and O–H groups in total. The quantitative estimate of drug-likeness (QED) is 0.797. The lowest BCUT2D eigenvalue weighted by Crippen LogP contribution is -2.37. The van der Waals surface area contributed by atoms with Gasteiger partial charge in [0.15, 0.2) is 0 Å². The molecule has 2 bridgehead atoms. The highest BCUT2D eigenvalue weighted by atomic mass is 16.2. The highest BCUT2D eigenvalue weighted by molar-refractivity contribution is 5.95. The van der Waals surface area contributed by atoms with Crippen LogP contribution >= 0.6 is 0 Å². The summed E-state index contributed by atoms with van der Waals surface area (Å²) in [7, 11) is 0. The Balaban J connectivity index is 1.85. The van der Waals surface area contributed by atoms with Crippen LogP contribution in [0.3, 0.4) is 0 Å². The summed E-state index contributed by atoms with van der Waals surface area (Å²) in [5.74, 6) is 0.163. The number of anilines is 1. The van der Waals surface area contributed by atoms with Gasteiger partial charge in [0, 0.05) is 23.8 Å². The fraction of sp³-hybridized carbons (Fsp3) is 0.588. The Morgan fingerprint density at radius 3 is 2.50 bits per heavy atom. The van der Waals surface area contributed by atoms with Crippen LogP contribution in [0.15, 0.2) is 24.3 Å². The minimum Gasteiger partial charge on any atom is -0.399 e. The molecule has 3 nitrogen and oxygen atoms in total. The van der Waals surface area contributed by atoms with Crippen LogP contribution in [-0.4, -0.2) is 23.4 Å². The van der Waals surface area contributed by atoms with E-state index in [-0.39, 0.29) is 11.3 Å². The highest BCUT2D eigenvalue weighted by Crippen LogP contribution is 2.52. The number of nitrogen functional groups attached to an aromatic ring is 1. The zero-order valence-corrected chi connectivity index (χ0v) is 12.6. The molecule has 2 fully saturated rings. The molecule has 3 heteroatoms. The van der Waals surface area contributed by atoms with Gasteiger partial charge in [-0.1, -0.05) is 20.8 Å². The van der Waals surface area contributed by atoms with Crippen molar-refractivity contribution in [1.82, 2.24) is 4.90 Å². The maximum Gasteiger partial charge on any atom is 0.254 e. The van der Waals surface area contributed by atoms with Gasteiger partial charge in [0.25, 0.3) is 5.91 Å². The molecule has 1 aliphatic heterocycles. The Labute approximate surface area is 121 Å². The van der Waals surface area contributed by atoms with Crippen molar-refractivity contribution in [2.24, 2.45) is 10.8 Å². The first-order valence-corrected chi connectivity index (χ1v) is 7.45. The van der Waals surface area contributed by atoms with Gasteiger partial charge in [-0.25, -0.2) is 0 Å². The molecule has 108 valence electrons. The number of benzene rings is 1. The number of likely N-dealkylation sites (tertiary alicyclic amines) is 1. The molecule has 1 amide bonds. The summed E-state index contributed by atoms with van der Waals surface area (Å²) < 4.78 is 0. The number of amides is 1. The maximum atomic E-state index is 12.7. The molecular weight excluding hydrogens is 248 g/mol. The van der Waals surface area contributed by atoms with E-state index in [2.05, 4.69) is 25.7 Å². The molecule has 20 heavy (non-hydrogen) atoms. The van der Waals surface area contributed by atoms with Crippen molar-refractivity contribution in [1.29, 1.82) is 0 Å². The third-order valence-corrected chi connectivity index (χ3v) is 4.83. The zero-order valence-electron chi connectivity index (χ0n) is 12.6. The van der Waals surface area contributed by atoms with Crippen molar-refractivity contribution < 1.29 is 4.79 Å². The Morgan fingerprint density at radius 2 is 1.85 bits per heavy atom. The van der Waals surface area contributed by atoms with Crippen molar-refractivity contribution in [3.05, 3.63) is 29.8 Å². The van der Waals surface area contributed by atoms with Crippen molar-refractivity contribution in [3.63, 3.8) is 0 Å². The van der Waals surface area contributed by atoms with E-state index in [4.69, 9.17) is 5.73 Å². The van der Waals surface area contributed by atoms with Crippen molar-refractivity contribution in [3.8, 4) is 0 Å². The standard InChI is InChI=1S/C17H24N2O/c1-16(2)8-14-9-17(3,10-16)11-19(14)15(20)12-4-6-13(18)7-5-12/h4-7,14H,8-11,18H2,1-3H3. The summed E-state index contributed by atoms with van der Waals surface area (Å²) in [5.41, 5.74) is 7.79. The Kier molecular flexibility index (Phi) is 2.86. The smallest absolute Gasteiger partial charge is 0.254 e. The Hall–Kier alpha value is -1.51. The van der Waals surface area contributed by atoms with Crippen LogP contribution in [0.1, 0.15) is 50.4 Å². The molecule has 0 radical (unpaired) electrons. The van der Waals surface area contributed by atoms with Gasteiger partial charge in [0.2, 0.25) is 0 Å². The first-order chi connectivity index (χ1) is 9.28. The first-order valence-electron chi connectivity index (χ1n) is 7.45. The van der Waals surface area contributed by atoms with E-state index in [1.54, 1.807) is 12.1 Å². The number of fused-ring (bicyclic) bond motifs is 2. The van der Waals surface area contributed by atoms with Gasteiger partial charge in [0.1, 0.15) is 0 Å². The minimum atomic E-state index is 0.163. The molecule has 1 aliphatic carbocycles. The number of carbonyl (C=O) groups excluding carboxylic acids is 1. The molecule has 1 heterocycles. The van der Waals surface area contributed by atoms with Gasteiger partial charge in [-0.05, 0) is 54.4 Å². The summed E-state index contributed by atoms with van der Waals surface area (Å²) in [5, 5.41) is 0. The molecule has 0 aromatic heterocycles. The summed E-state index contributed by atoms with van der Waals surface area (Å²) in [6, 6.07) is 7.69. The molecule has 1 saturated carbocycles. The largest absolute Gasteiger partial charge is 0.399 e. The predicted octanol–water partition coefficient (Wildman–Crippen LogP) is 3.31. The first kappa shape index (κ1) is 13.5.